The highest BCUT2D eigenvalue weighted by atomic mass is 35.5. The minimum Gasteiger partial charge on any atom is -0.364 e. The zero-order chi connectivity index (χ0) is 24.6. The van der Waals surface area contributed by atoms with Crippen molar-refractivity contribution in [3.63, 3.8) is 0 Å². The summed E-state index contributed by atoms with van der Waals surface area (Å²) in [6.45, 7) is 4.38. The fourth-order valence-electron chi connectivity index (χ4n) is 5.34. The summed E-state index contributed by atoms with van der Waals surface area (Å²) < 4.78 is 15.6. The molecule has 10 heteroatoms. The van der Waals surface area contributed by atoms with E-state index in [0.29, 0.717) is 50.0 Å². The molecular formula is C24H29ClFN5O3. The lowest BCUT2D eigenvalue weighted by molar-refractivity contribution is -0.133. The zero-order valence-electron chi connectivity index (χ0n) is 19.4. The molecule has 2 aliphatic rings. The van der Waals surface area contributed by atoms with Gasteiger partial charge in [0, 0.05) is 24.5 Å². The van der Waals surface area contributed by atoms with E-state index >= 15 is 0 Å². The molecule has 2 fully saturated rings. The second kappa shape index (κ2) is 9.37. The van der Waals surface area contributed by atoms with Crippen molar-refractivity contribution in [1.82, 2.24) is 14.9 Å². The largest absolute Gasteiger partial charge is 0.364 e. The Morgan fingerprint density at radius 1 is 1.29 bits per heavy atom. The summed E-state index contributed by atoms with van der Waals surface area (Å²) in [4.78, 5) is 44.0. The summed E-state index contributed by atoms with van der Waals surface area (Å²) in [6, 6.07) is 2.80. The monoisotopic (exact) mass is 489 g/mol. The van der Waals surface area contributed by atoms with E-state index in [0.717, 1.165) is 12.8 Å². The minimum absolute atomic E-state index is 0.00822. The number of imidazole rings is 1. The number of hydrogen-bond acceptors (Lipinski definition) is 4. The molecule has 0 unspecified atom stereocenters. The van der Waals surface area contributed by atoms with Crippen LogP contribution in [0.25, 0.3) is 0 Å². The summed E-state index contributed by atoms with van der Waals surface area (Å²) in [5, 5.41) is 2.88. The van der Waals surface area contributed by atoms with Crippen LogP contribution < -0.4 is 16.0 Å². The number of hydrogen-bond donors (Lipinski definition) is 2. The number of anilines is 1. The van der Waals surface area contributed by atoms with Crippen LogP contribution in [0.1, 0.15) is 78.0 Å². The van der Waals surface area contributed by atoms with E-state index < -0.39 is 23.0 Å². The minimum atomic E-state index is -0.708. The molecule has 3 amide bonds. The molecule has 4 rings (SSSR count). The van der Waals surface area contributed by atoms with Crippen molar-refractivity contribution in [1.29, 1.82) is 0 Å². The first-order valence-corrected chi connectivity index (χ1v) is 12.0. The Bertz CT molecular complexity index is 1140. The van der Waals surface area contributed by atoms with Crippen molar-refractivity contribution >= 4 is 35.0 Å². The highest BCUT2D eigenvalue weighted by molar-refractivity contribution is 6.34. The van der Waals surface area contributed by atoms with Crippen LogP contribution in [0.4, 0.5) is 10.1 Å². The first kappa shape index (κ1) is 24.2. The highest BCUT2D eigenvalue weighted by Crippen LogP contribution is 2.49. The second-order valence-electron chi connectivity index (χ2n) is 9.20. The van der Waals surface area contributed by atoms with E-state index in [1.54, 1.807) is 29.4 Å². The number of piperidine rings is 1. The first-order valence-electron chi connectivity index (χ1n) is 11.6. The van der Waals surface area contributed by atoms with Crippen molar-refractivity contribution in [3.05, 3.63) is 46.3 Å². The molecule has 1 saturated carbocycles. The van der Waals surface area contributed by atoms with Gasteiger partial charge in [0.25, 0.3) is 11.8 Å². The second-order valence-corrected chi connectivity index (χ2v) is 9.60. The fourth-order valence-corrected chi connectivity index (χ4v) is 5.59. The molecule has 8 nitrogen and oxygen atoms in total. The number of nitrogens with two attached hydrogens (primary N) is 1. The Balaban J connectivity index is 1.55. The lowest BCUT2D eigenvalue weighted by atomic mass is 9.67. The van der Waals surface area contributed by atoms with Gasteiger partial charge in [0.05, 0.1) is 17.0 Å². The van der Waals surface area contributed by atoms with Crippen molar-refractivity contribution < 1.29 is 18.8 Å². The molecule has 2 heterocycles. The number of aryl methyl sites for hydroxylation is 1. The highest BCUT2D eigenvalue weighted by Gasteiger charge is 2.47. The number of rotatable bonds is 5. The Morgan fingerprint density at radius 3 is 2.65 bits per heavy atom. The fraction of sp³-hybridized carbons (Fsp3) is 0.500. The summed E-state index contributed by atoms with van der Waals surface area (Å²) in [7, 11) is 0. The van der Waals surface area contributed by atoms with Crippen LogP contribution in [0.3, 0.4) is 0 Å². The van der Waals surface area contributed by atoms with Gasteiger partial charge in [-0.1, -0.05) is 11.6 Å². The third-order valence-corrected chi connectivity index (χ3v) is 7.44. The van der Waals surface area contributed by atoms with Crippen LogP contribution in [0.2, 0.25) is 5.02 Å². The standard InChI is InChI=1S/C24H29ClFN5O3/c1-3-28-22(33)19-20(21(27)32)31(13-29-19)15-5-8-24(9-6-15)7-4-10-30(23(24)34)18-11-14(2)17(26)12-16(18)25/h11-13,15H,3-10H2,1-2H3,(H2,27,32)(H,28,33). The Morgan fingerprint density at radius 2 is 2.00 bits per heavy atom. The lowest BCUT2D eigenvalue weighted by Crippen LogP contribution is -2.50. The predicted octanol–water partition coefficient (Wildman–Crippen LogP) is 3.76. The number of nitrogens with zero attached hydrogens (tertiary/aromatic N) is 3. The summed E-state index contributed by atoms with van der Waals surface area (Å²) in [6.07, 6.45) is 5.60. The van der Waals surface area contributed by atoms with E-state index in [-0.39, 0.29) is 28.4 Å². The molecule has 1 aliphatic heterocycles. The van der Waals surface area contributed by atoms with E-state index in [9.17, 15) is 18.8 Å². The third-order valence-electron chi connectivity index (χ3n) is 7.14. The van der Waals surface area contributed by atoms with Gasteiger partial charge in [-0.2, -0.15) is 0 Å². The van der Waals surface area contributed by atoms with Crippen molar-refractivity contribution in [2.24, 2.45) is 11.1 Å². The van der Waals surface area contributed by atoms with E-state index in [2.05, 4.69) is 10.3 Å². The number of carbonyl (C=O) groups excluding carboxylic acids is 3. The van der Waals surface area contributed by atoms with Crippen LogP contribution in [0.15, 0.2) is 18.5 Å². The molecule has 1 spiro atoms. The summed E-state index contributed by atoms with van der Waals surface area (Å²) in [5.74, 6) is -1.54. The SMILES string of the molecule is CCNC(=O)c1ncn(C2CCC3(CCCN(c4cc(C)c(F)cc4Cl)C3=O)CC2)c1C(N)=O. The van der Waals surface area contributed by atoms with Crippen molar-refractivity contribution in [2.45, 2.75) is 58.4 Å². The molecule has 1 aromatic carbocycles. The van der Waals surface area contributed by atoms with Gasteiger partial charge in [-0.25, -0.2) is 9.37 Å². The number of halogens is 2. The van der Waals surface area contributed by atoms with Crippen molar-refractivity contribution in [2.75, 3.05) is 18.0 Å². The molecule has 182 valence electrons. The summed E-state index contributed by atoms with van der Waals surface area (Å²) in [5.41, 5.74) is 6.17. The lowest BCUT2D eigenvalue weighted by Gasteiger charge is -2.46. The molecule has 0 atom stereocenters. The smallest absolute Gasteiger partial charge is 0.272 e. The van der Waals surface area contributed by atoms with Gasteiger partial charge in [0.15, 0.2) is 5.69 Å². The number of amides is 3. The number of nitrogens with one attached hydrogen (secondary N) is 1. The van der Waals surface area contributed by atoms with Gasteiger partial charge in [0.1, 0.15) is 11.5 Å². The average Bonchev–Trinajstić information content (AvgIpc) is 3.25. The normalized spacial score (nSPS) is 22.8. The zero-order valence-corrected chi connectivity index (χ0v) is 20.1. The maximum atomic E-state index is 13.9. The molecule has 3 N–H and O–H groups in total. The first-order chi connectivity index (χ1) is 16.2. The summed E-state index contributed by atoms with van der Waals surface area (Å²) >= 11 is 6.31. The number of benzene rings is 1. The Hall–Kier alpha value is -2.94. The van der Waals surface area contributed by atoms with E-state index in [1.165, 1.54) is 12.4 Å². The van der Waals surface area contributed by atoms with E-state index in [1.807, 2.05) is 0 Å². The number of primary amides is 1. The number of carbonyl (C=O) groups is 3. The molecule has 2 aromatic rings. The van der Waals surface area contributed by atoms with Gasteiger partial charge in [-0.15, -0.1) is 0 Å². The molecule has 1 saturated heterocycles. The maximum Gasteiger partial charge on any atom is 0.272 e. The molecular weight excluding hydrogens is 461 g/mol. The predicted molar refractivity (Wildman–Crippen MR) is 126 cm³/mol. The third kappa shape index (κ3) is 4.17. The van der Waals surface area contributed by atoms with Crippen LogP contribution in [-0.4, -0.2) is 40.4 Å². The topological polar surface area (TPSA) is 110 Å². The Kier molecular flexibility index (Phi) is 6.66. The van der Waals surface area contributed by atoms with E-state index in [4.69, 9.17) is 17.3 Å². The van der Waals surface area contributed by atoms with Crippen LogP contribution >= 0.6 is 11.6 Å². The number of aromatic nitrogens is 2. The van der Waals surface area contributed by atoms with Gasteiger partial charge < -0.3 is 20.5 Å². The van der Waals surface area contributed by atoms with Gasteiger partial charge >= 0.3 is 0 Å². The van der Waals surface area contributed by atoms with Gasteiger partial charge in [-0.05, 0) is 70.1 Å². The average molecular weight is 490 g/mol. The molecule has 0 radical (unpaired) electrons. The van der Waals surface area contributed by atoms with Crippen molar-refractivity contribution in [3.8, 4) is 0 Å². The Labute approximate surface area is 202 Å². The van der Waals surface area contributed by atoms with Gasteiger partial charge in [-0.3, -0.25) is 14.4 Å². The maximum absolute atomic E-state index is 13.9. The van der Waals surface area contributed by atoms with Crippen LogP contribution in [0, 0.1) is 18.2 Å². The molecule has 1 aliphatic carbocycles. The molecule has 34 heavy (non-hydrogen) atoms. The van der Waals surface area contributed by atoms with Gasteiger partial charge in [0.2, 0.25) is 5.91 Å². The molecule has 0 bridgehead atoms. The quantitative estimate of drug-likeness (QED) is 0.666. The van der Waals surface area contributed by atoms with Crippen LogP contribution in [-0.2, 0) is 4.79 Å². The molecule has 1 aromatic heterocycles. The van der Waals surface area contributed by atoms with Crippen LogP contribution in [0.5, 0.6) is 0 Å².